The topological polar surface area (TPSA) is 103 Å². The third kappa shape index (κ3) is 6.19. The molecule has 10 heteroatoms. The Morgan fingerprint density at radius 3 is 2.35 bits per heavy atom. The van der Waals surface area contributed by atoms with Gasteiger partial charge in [0.05, 0.1) is 44.6 Å². The summed E-state index contributed by atoms with van der Waals surface area (Å²) in [7, 11) is -0.770. The van der Waals surface area contributed by atoms with E-state index in [9.17, 15) is 13.2 Å². The van der Waals surface area contributed by atoms with Gasteiger partial charge in [-0.1, -0.05) is 13.8 Å². The van der Waals surface area contributed by atoms with Crippen LogP contribution in [-0.2, 0) is 14.8 Å². The Morgan fingerprint density at radius 2 is 1.71 bits per heavy atom. The molecule has 0 aromatic heterocycles. The third-order valence-electron chi connectivity index (χ3n) is 5.41. The first-order valence-corrected chi connectivity index (χ1v) is 12.6. The number of carbonyl (C=O) groups excluding carboxylic acids is 1. The van der Waals surface area contributed by atoms with Crippen molar-refractivity contribution in [3.8, 4) is 17.2 Å². The van der Waals surface area contributed by atoms with E-state index >= 15 is 0 Å². The molecular formula is C24H32N2O7S. The summed E-state index contributed by atoms with van der Waals surface area (Å²) in [6.45, 7) is 6.02. The first-order valence-electron chi connectivity index (χ1n) is 11.1. The maximum absolute atomic E-state index is 13.0. The Morgan fingerprint density at radius 1 is 1.03 bits per heavy atom. The molecule has 0 unspecified atom stereocenters. The van der Waals surface area contributed by atoms with Gasteiger partial charge in [-0.05, 0) is 48.7 Å². The first-order chi connectivity index (χ1) is 16.3. The lowest BCUT2D eigenvalue weighted by molar-refractivity contribution is 0.0730. The Balaban J connectivity index is 1.81. The number of nitrogens with zero attached hydrogens (tertiary/aromatic N) is 1. The van der Waals surface area contributed by atoms with E-state index in [1.807, 2.05) is 0 Å². The van der Waals surface area contributed by atoms with Crippen LogP contribution in [0.1, 0.15) is 30.6 Å². The average molecular weight is 493 g/mol. The number of methoxy groups -OCH3 is 2. The first kappa shape index (κ1) is 25.8. The van der Waals surface area contributed by atoms with Gasteiger partial charge < -0.3 is 24.3 Å². The Labute approximate surface area is 201 Å². The van der Waals surface area contributed by atoms with Crippen LogP contribution in [0.25, 0.3) is 0 Å². The molecule has 0 aliphatic carbocycles. The second-order valence-corrected chi connectivity index (χ2v) is 10.2. The van der Waals surface area contributed by atoms with Crippen molar-refractivity contribution in [3.05, 3.63) is 42.0 Å². The molecule has 2 aromatic rings. The van der Waals surface area contributed by atoms with Crippen molar-refractivity contribution >= 4 is 21.6 Å². The van der Waals surface area contributed by atoms with Gasteiger partial charge in [0, 0.05) is 18.7 Å². The van der Waals surface area contributed by atoms with E-state index < -0.39 is 15.9 Å². The number of rotatable bonds is 10. The van der Waals surface area contributed by atoms with Gasteiger partial charge in [-0.15, -0.1) is 0 Å². The van der Waals surface area contributed by atoms with E-state index in [0.717, 1.165) is 6.42 Å². The van der Waals surface area contributed by atoms with E-state index in [0.29, 0.717) is 48.6 Å². The average Bonchev–Trinajstić information content (AvgIpc) is 2.84. The third-order valence-corrected chi connectivity index (χ3v) is 7.30. The van der Waals surface area contributed by atoms with Crippen LogP contribution >= 0.6 is 0 Å². The number of nitrogens with one attached hydrogen (secondary N) is 1. The molecule has 186 valence electrons. The SMILES string of the molecule is COc1ccc(S(=O)(=O)N2CCOCC2)cc1NC(=O)c1ccc(OCCC(C)C)c(OC)c1. The van der Waals surface area contributed by atoms with Crippen LogP contribution < -0.4 is 19.5 Å². The van der Waals surface area contributed by atoms with Crippen molar-refractivity contribution in [1.29, 1.82) is 0 Å². The quantitative estimate of drug-likeness (QED) is 0.542. The Bertz CT molecular complexity index is 1100. The number of hydrogen-bond acceptors (Lipinski definition) is 7. The highest BCUT2D eigenvalue weighted by Crippen LogP contribution is 2.32. The second kappa shape index (κ2) is 11.5. The normalized spacial score (nSPS) is 14.6. The molecule has 1 aliphatic heterocycles. The summed E-state index contributed by atoms with van der Waals surface area (Å²) >= 11 is 0. The predicted molar refractivity (Wildman–Crippen MR) is 128 cm³/mol. The molecule has 1 aliphatic rings. The standard InChI is InChI=1S/C24H32N2O7S/c1-17(2)9-12-33-22-7-5-18(15-23(22)31-4)24(27)25-20-16-19(6-8-21(20)30-3)34(28,29)26-10-13-32-14-11-26/h5-8,15-17H,9-14H2,1-4H3,(H,25,27). The highest BCUT2D eigenvalue weighted by molar-refractivity contribution is 7.89. The smallest absolute Gasteiger partial charge is 0.255 e. The summed E-state index contributed by atoms with van der Waals surface area (Å²) in [5.74, 6) is 1.40. The molecule has 1 amide bonds. The molecule has 1 heterocycles. The van der Waals surface area contributed by atoms with Crippen molar-refractivity contribution in [2.45, 2.75) is 25.2 Å². The van der Waals surface area contributed by atoms with E-state index in [1.54, 1.807) is 18.2 Å². The van der Waals surface area contributed by atoms with Crippen LogP contribution in [0.5, 0.6) is 17.2 Å². The van der Waals surface area contributed by atoms with Gasteiger partial charge in [0.1, 0.15) is 5.75 Å². The summed E-state index contributed by atoms with van der Waals surface area (Å²) in [4.78, 5) is 13.1. The molecule has 9 nitrogen and oxygen atoms in total. The number of anilines is 1. The van der Waals surface area contributed by atoms with Crippen molar-refractivity contribution in [2.75, 3.05) is 52.4 Å². The molecule has 1 saturated heterocycles. The molecular weight excluding hydrogens is 460 g/mol. The number of sulfonamides is 1. The summed E-state index contributed by atoms with van der Waals surface area (Å²) in [6.07, 6.45) is 0.898. The largest absolute Gasteiger partial charge is 0.495 e. The molecule has 3 rings (SSSR count). The monoisotopic (exact) mass is 492 g/mol. The summed E-state index contributed by atoms with van der Waals surface area (Å²) in [5, 5.41) is 2.75. The van der Waals surface area contributed by atoms with E-state index in [2.05, 4.69) is 19.2 Å². The Kier molecular flexibility index (Phi) is 8.76. The number of amides is 1. The maximum atomic E-state index is 13.0. The zero-order valence-electron chi connectivity index (χ0n) is 20.0. The fourth-order valence-corrected chi connectivity index (χ4v) is 4.84. The van der Waals surface area contributed by atoms with Gasteiger partial charge in [-0.3, -0.25) is 4.79 Å². The van der Waals surface area contributed by atoms with E-state index in [4.69, 9.17) is 18.9 Å². The lowest BCUT2D eigenvalue weighted by atomic mass is 10.1. The molecule has 1 fully saturated rings. The minimum atomic E-state index is -3.73. The predicted octanol–water partition coefficient (Wildman–Crippen LogP) is 3.40. The van der Waals surface area contributed by atoms with Crippen molar-refractivity contribution in [1.82, 2.24) is 4.31 Å². The summed E-state index contributed by atoms with van der Waals surface area (Å²) in [6, 6.07) is 9.29. The van der Waals surface area contributed by atoms with Crippen LogP contribution in [0.3, 0.4) is 0 Å². The molecule has 0 atom stereocenters. The van der Waals surface area contributed by atoms with Gasteiger partial charge in [-0.25, -0.2) is 8.42 Å². The minimum Gasteiger partial charge on any atom is -0.495 e. The van der Waals surface area contributed by atoms with Crippen molar-refractivity contribution in [2.24, 2.45) is 5.92 Å². The van der Waals surface area contributed by atoms with Crippen LogP contribution in [0, 0.1) is 5.92 Å². The second-order valence-electron chi connectivity index (χ2n) is 8.23. The highest BCUT2D eigenvalue weighted by Gasteiger charge is 2.27. The molecule has 0 bridgehead atoms. The van der Waals surface area contributed by atoms with Crippen LogP contribution in [0.2, 0.25) is 0 Å². The summed E-state index contributed by atoms with van der Waals surface area (Å²) < 4.78 is 49.2. The lowest BCUT2D eigenvalue weighted by Crippen LogP contribution is -2.40. The number of carbonyl (C=O) groups is 1. The molecule has 0 radical (unpaired) electrons. The van der Waals surface area contributed by atoms with Gasteiger partial charge >= 0.3 is 0 Å². The van der Waals surface area contributed by atoms with Crippen molar-refractivity contribution in [3.63, 3.8) is 0 Å². The molecule has 34 heavy (non-hydrogen) atoms. The van der Waals surface area contributed by atoms with Gasteiger partial charge in [-0.2, -0.15) is 4.31 Å². The lowest BCUT2D eigenvalue weighted by Gasteiger charge is -2.26. The van der Waals surface area contributed by atoms with E-state index in [-0.39, 0.29) is 23.7 Å². The molecule has 2 aromatic carbocycles. The van der Waals surface area contributed by atoms with E-state index in [1.165, 1.54) is 36.7 Å². The maximum Gasteiger partial charge on any atom is 0.255 e. The zero-order chi connectivity index (χ0) is 24.7. The van der Waals surface area contributed by atoms with Gasteiger partial charge in [0.2, 0.25) is 10.0 Å². The number of ether oxygens (including phenoxy) is 4. The number of hydrogen-bond donors (Lipinski definition) is 1. The molecule has 1 N–H and O–H groups in total. The molecule has 0 spiro atoms. The Hall–Kier alpha value is -2.82. The van der Waals surface area contributed by atoms with Gasteiger partial charge in [0.15, 0.2) is 11.5 Å². The number of benzene rings is 2. The fraction of sp³-hybridized carbons (Fsp3) is 0.458. The van der Waals surface area contributed by atoms with Gasteiger partial charge in [0.25, 0.3) is 5.91 Å². The van der Waals surface area contributed by atoms with Crippen molar-refractivity contribution < 1.29 is 32.2 Å². The zero-order valence-corrected chi connectivity index (χ0v) is 20.8. The summed E-state index contributed by atoms with van der Waals surface area (Å²) in [5.41, 5.74) is 0.578. The van der Waals surface area contributed by atoms with Crippen LogP contribution in [0.15, 0.2) is 41.3 Å². The van der Waals surface area contributed by atoms with Crippen LogP contribution in [-0.4, -0.2) is 65.8 Å². The number of morpholine rings is 1. The minimum absolute atomic E-state index is 0.0666. The highest BCUT2D eigenvalue weighted by atomic mass is 32.2. The van der Waals surface area contributed by atoms with Crippen LogP contribution in [0.4, 0.5) is 5.69 Å². The molecule has 0 saturated carbocycles. The fourth-order valence-electron chi connectivity index (χ4n) is 3.41.